The van der Waals surface area contributed by atoms with Crippen molar-refractivity contribution in [3.63, 3.8) is 0 Å². The number of carbonyl (C=O) groups is 1. The summed E-state index contributed by atoms with van der Waals surface area (Å²) in [4.78, 5) is 26.4. The highest BCUT2D eigenvalue weighted by molar-refractivity contribution is 6.35. The Labute approximate surface area is 184 Å². The predicted molar refractivity (Wildman–Crippen MR) is 120 cm³/mol. The molecule has 4 rings (SSSR count). The van der Waals surface area contributed by atoms with Gasteiger partial charge in [-0.2, -0.15) is 0 Å². The fourth-order valence-corrected chi connectivity index (χ4v) is 3.97. The highest BCUT2D eigenvalue weighted by Gasteiger charge is 2.25. The van der Waals surface area contributed by atoms with Crippen molar-refractivity contribution in [2.45, 2.75) is 33.4 Å². The minimum atomic E-state index is -0.550. The summed E-state index contributed by atoms with van der Waals surface area (Å²) in [6.45, 7) is 7.06. The molecule has 1 amide bonds. The van der Waals surface area contributed by atoms with E-state index in [4.69, 9.17) is 25.8 Å². The smallest absolute Gasteiger partial charge is 0.261 e. The molecule has 7 nitrogen and oxygen atoms in total. The van der Waals surface area contributed by atoms with Gasteiger partial charge in [0.05, 0.1) is 41.4 Å². The standard InChI is InChI=1S/C23H23ClN2O5/c1-4-29-14-6-8-18(30-5-2)17(10-14)25-23(28)15-12-26-11-13(3)31-19-9-7-16(24)20(21(19)26)22(15)27/h6-10,12-13H,4-5,11H2,1-3H3,(H,25,28)/t13-/m0/s1. The molecule has 1 atom stereocenters. The third-order valence-corrected chi connectivity index (χ3v) is 5.29. The van der Waals surface area contributed by atoms with Crippen LogP contribution < -0.4 is 25.0 Å². The van der Waals surface area contributed by atoms with E-state index in [-0.39, 0.29) is 22.1 Å². The third kappa shape index (κ3) is 3.93. The molecule has 1 aliphatic rings. The molecule has 8 heteroatoms. The number of benzene rings is 2. The summed E-state index contributed by atoms with van der Waals surface area (Å²) in [5.41, 5.74) is 0.561. The monoisotopic (exact) mass is 442 g/mol. The molecule has 0 aliphatic carbocycles. The molecule has 0 saturated heterocycles. The van der Waals surface area contributed by atoms with E-state index in [1.165, 1.54) is 0 Å². The number of nitrogens with one attached hydrogen (secondary N) is 1. The van der Waals surface area contributed by atoms with Gasteiger partial charge in [0.25, 0.3) is 5.91 Å². The number of carbonyl (C=O) groups excluding carboxylic acids is 1. The second-order valence-corrected chi connectivity index (χ2v) is 7.61. The Morgan fingerprint density at radius 3 is 2.74 bits per heavy atom. The highest BCUT2D eigenvalue weighted by atomic mass is 35.5. The molecule has 2 heterocycles. The van der Waals surface area contributed by atoms with E-state index in [1.807, 2.05) is 25.3 Å². The van der Waals surface area contributed by atoms with Crippen LogP contribution in [0.1, 0.15) is 31.1 Å². The molecule has 0 saturated carbocycles. The van der Waals surface area contributed by atoms with Crippen molar-refractivity contribution in [1.29, 1.82) is 0 Å². The van der Waals surface area contributed by atoms with E-state index in [9.17, 15) is 9.59 Å². The molecule has 162 valence electrons. The summed E-state index contributed by atoms with van der Waals surface area (Å²) in [5.74, 6) is 1.10. The summed E-state index contributed by atoms with van der Waals surface area (Å²) < 4.78 is 18.8. The Morgan fingerprint density at radius 2 is 2.00 bits per heavy atom. The Morgan fingerprint density at radius 1 is 1.23 bits per heavy atom. The van der Waals surface area contributed by atoms with Gasteiger partial charge in [-0.3, -0.25) is 9.59 Å². The van der Waals surface area contributed by atoms with Crippen molar-refractivity contribution in [2.24, 2.45) is 0 Å². The number of nitrogens with zero attached hydrogens (tertiary/aromatic N) is 1. The van der Waals surface area contributed by atoms with E-state index in [1.54, 1.807) is 36.5 Å². The normalized spacial score (nSPS) is 14.8. The fraction of sp³-hybridized carbons (Fsp3) is 0.304. The minimum absolute atomic E-state index is 0.00934. The quantitative estimate of drug-likeness (QED) is 0.608. The number of rotatable bonds is 6. The van der Waals surface area contributed by atoms with Crippen LogP contribution in [0, 0.1) is 0 Å². The van der Waals surface area contributed by atoms with Crippen molar-refractivity contribution in [1.82, 2.24) is 4.57 Å². The van der Waals surface area contributed by atoms with Crippen molar-refractivity contribution in [2.75, 3.05) is 18.5 Å². The van der Waals surface area contributed by atoms with Gasteiger partial charge in [0.2, 0.25) is 5.43 Å². The van der Waals surface area contributed by atoms with Crippen LogP contribution in [-0.2, 0) is 6.54 Å². The van der Waals surface area contributed by atoms with Crippen LogP contribution >= 0.6 is 11.6 Å². The predicted octanol–water partition coefficient (Wildman–Crippen LogP) is 4.49. The van der Waals surface area contributed by atoms with E-state index in [0.717, 1.165) is 0 Å². The Kier molecular flexibility index (Phi) is 5.78. The average Bonchev–Trinajstić information content (AvgIpc) is 2.73. The van der Waals surface area contributed by atoms with Crippen LogP contribution in [0.3, 0.4) is 0 Å². The summed E-state index contributed by atoms with van der Waals surface area (Å²) in [6, 6.07) is 8.52. The van der Waals surface area contributed by atoms with E-state index < -0.39 is 11.3 Å². The summed E-state index contributed by atoms with van der Waals surface area (Å²) >= 11 is 6.35. The summed E-state index contributed by atoms with van der Waals surface area (Å²) in [6.07, 6.45) is 1.45. The molecule has 3 aromatic rings. The van der Waals surface area contributed by atoms with E-state index >= 15 is 0 Å². The molecule has 31 heavy (non-hydrogen) atoms. The van der Waals surface area contributed by atoms with Gasteiger partial charge in [-0.1, -0.05) is 11.6 Å². The SMILES string of the molecule is CCOc1ccc(OCC)c(NC(=O)c2cn3c4c(ccc(Cl)c4c2=O)O[C@@H](C)C3)c1. The molecule has 2 aromatic carbocycles. The van der Waals surface area contributed by atoms with Gasteiger partial charge in [-0.05, 0) is 45.0 Å². The van der Waals surface area contributed by atoms with Gasteiger partial charge in [-0.15, -0.1) is 0 Å². The van der Waals surface area contributed by atoms with Gasteiger partial charge in [0.1, 0.15) is 28.9 Å². The van der Waals surface area contributed by atoms with Crippen LogP contribution in [0.2, 0.25) is 5.02 Å². The first-order valence-corrected chi connectivity index (χ1v) is 10.5. The van der Waals surface area contributed by atoms with Gasteiger partial charge in [0.15, 0.2) is 0 Å². The number of halogens is 1. The molecule has 0 fully saturated rings. The zero-order valence-electron chi connectivity index (χ0n) is 17.5. The van der Waals surface area contributed by atoms with Gasteiger partial charge < -0.3 is 24.1 Å². The van der Waals surface area contributed by atoms with Crippen LogP contribution in [0.4, 0.5) is 5.69 Å². The third-order valence-electron chi connectivity index (χ3n) is 4.97. The number of pyridine rings is 1. The summed E-state index contributed by atoms with van der Waals surface area (Å²) in [7, 11) is 0. The number of hydrogen-bond acceptors (Lipinski definition) is 5. The number of aromatic nitrogens is 1. The van der Waals surface area contributed by atoms with E-state index in [0.29, 0.717) is 48.2 Å². The zero-order valence-corrected chi connectivity index (χ0v) is 18.3. The Bertz CT molecular complexity index is 1220. The zero-order chi connectivity index (χ0) is 22.1. The van der Waals surface area contributed by atoms with Crippen LogP contribution in [0.15, 0.2) is 41.3 Å². The fourth-order valence-electron chi connectivity index (χ4n) is 3.73. The molecule has 0 bridgehead atoms. The lowest BCUT2D eigenvalue weighted by atomic mass is 10.1. The maximum absolute atomic E-state index is 13.2. The average molecular weight is 443 g/mol. The molecule has 0 unspecified atom stereocenters. The first kappa shape index (κ1) is 21.1. The first-order chi connectivity index (χ1) is 14.9. The first-order valence-electron chi connectivity index (χ1n) is 10.2. The number of amides is 1. The molecular formula is C23H23ClN2O5. The minimum Gasteiger partial charge on any atom is -0.494 e. The van der Waals surface area contributed by atoms with Gasteiger partial charge in [0, 0.05) is 12.3 Å². The second-order valence-electron chi connectivity index (χ2n) is 7.20. The van der Waals surface area contributed by atoms with Crippen LogP contribution in [-0.4, -0.2) is 29.8 Å². The lowest BCUT2D eigenvalue weighted by Crippen LogP contribution is -2.30. The van der Waals surface area contributed by atoms with Crippen molar-refractivity contribution in [3.8, 4) is 17.2 Å². The van der Waals surface area contributed by atoms with Gasteiger partial charge >= 0.3 is 0 Å². The van der Waals surface area contributed by atoms with Crippen molar-refractivity contribution in [3.05, 3.63) is 57.3 Å². The molecule has 0 spiro atoms. The highest BCUT2D eigenvalue weighted by Crippen LogP contribution is 2.34. The Hall–Kier alpha value is -3.19. The summed E-state index contributed by atoms with van der Waals surface area (Å²) in [5, 5.41) is 3.35. The maximum atomic E-state index is 13.2. The molecule has 1 aliphatic heterocycles. The lowest BCUT2D eigenvalue weighted by Gasteiger charge is -2.26. The van der Waals surface area contributed by atoms with Gasteiger partial charge in [-0.25, -0.2) is 0 Å². The van der Waals surface area contributed by atoms with Crippen LogP contribution in [0.5, 0.6) is 17.2 Å². The Balaban J connectivity index is 1.79. The van der Waals surface area contributed by atoms with E-state index in [2.05, 4.69) is 5.32 Å². The topological polar surface area (TPSA) is 78.8 Å². The van der Waals surface area contributed by atoms with Crippen molar-refractivity contribution >= 4 is 34.1 Å². The molecule has 1 N–H and O–H groups in total. The molecular weight excluding hydrogens is 420 g/mol. The largest absolute Gasteiger partial charge is 0.494 e. The van der Waals surface area contributed by atoms with Crippen molar-refractivity contribution < 1.29 is 19.0 Å². The molecule has 0 radical (unpaired) electrons. The number of ether oxygens (including phenoxy) is 3. The lowest BCUT2D eigenvalue weighted by molar-refractivity contribution is 0.102. The number of anilines is 1. The number of hydrogen-bond donors (Lipinski definition) is 1. The second kappa shape index (κ2) is 8.51. The molecule has 1 aromatic heterocycles. The van der Waals surface area contributed by atoms with Crippen LogP contribution in [0.25, 0.3) is 10.9 Å². The maximum Gasteiger partial charge on any atom is 0.261 e.